The molecule has 134 valence electrons. The van der Waals surface area contributed by atoms with Crippen molar-refractivity contribution in [1.82, 2.24) is 4.72 Å². The second-order valence-corrected chi connectivity index (χ2v) is 8.24. The minimum absolute atomic E-state index is 0.00976. The zero-order chi connectivity index (χ0) is 18.3. The van der Waals surface area contributed by atoms with Crippen LogP contribution in [0.1, 0.15) is 35.4 Å². The molecule has 1 aliphatic carbocycles. The number of carbonyl (C=O) groups excluding carboxylic acids is 1. The topological polar surface area (TPSA) is 55.4 Å². The molecular weight excluding hydrogens is 370 g/mol. The van der Waals surface area contributed by atoms with Crippen LogP contribution in [-0.4, -0.2) is 10.1 Å². The number of aryl methyl sites for hydroxylation is 2. The van der Waals surface area contributed by atoms with Gasteiger partial charge in [0.25, 0.3) is 5.91 Å². The molecular formula is C20H18ClNO3S. The van der Waals surface area contributed by atoms with Gasteiger partial charge in [0.05, 0.1) is 9.93 Å². The summed E-state index contributed by atoms with van der Waals surface area (Å²) in [7, 11) is -1.42. The van der Waals surface area contributed by atoms with E-state index in [4.69, 9.17) is 16.3 Å². The van der Waals surface area contributed by atoms with E-state index in [1.165, 1.54) is 11.6 Å². The molecule has 1 heterocycles. The molecule has 2 aromatic rings. The van der Waals surface area contributed by atoms with E-state index in [1.807, 2.05) is 43.3 Å². The SMILES string of the molecule is Cc1ccc(Oc2ccc3c(c2)CCCC3C2=CC(=O)NS2=O)c(Cl)c1. The van der Waals surface area contributed by atoms with E-state index >= 15 is 0 Å². The van der Waals surface area contributed by atoms with Crippen molar-refractivity contribution < 1.29 is 13.7 Å². The maximum absolute atomic E-state index is 12.1. The Morgan fingerprint density at radius 1 is 1.23 bits per heavy atom. The van der Waals surface area contributed by atoms with Crippen LogP contribution in [0.5, 0.6) is 11.5 Å². The Hall–Kier alpha value is -2.11. The van der Waals surface area contributed by atoms with Crippen LogP contribution in [0.4, 0.5) is 0 Å². The predicted octanol–water partition coefficient (Wildman–Crippen LogP) is 4.54. The number of rotatable bonds is 3. The first kappa shape index (κ1) is 17.3. The molecule has 0 saturated carbocycles. The fraction of sp³-hybridized carbons (Fsp3) is 0.250. The van der Waals surface area contributed by atoms with Gasteiger partial charge in [0.2, 0.25) is 0 Å². The normalized spacial score (nSPS) is 21.8. The Labute approximate surface area is 159 Å². The third-order valence-corrected chi connectivity index (χ3v) is 6.28. The molecule has 4 rings (SSSR count). The number of halogens is 1. The number of nitrogens with one attached hydrogen (secondary N) is 1. The highest BCUT2D eigenvalue weighted by Crippen LogP contribution is 2.41. The Balaban J connectivity index is 1.63. The summed E-state index contributed by atoms with van der Waals surface area (Å²) >= 11 is 6.26. The molecule has 6 heteroatoms. The average molecular weight is 388 g/mol. The van der Waals surface area contributed by atoms with E-state index < -0.39 is 11.0 Å². The molecule has 2 aromatic carbocycles. The van der Waals surface area contributed by atoms with Gasteiger partial charge in [0.1, 0.15) is 22.5 Å². The second-order valence-electron chi connectivity index (χ2n) is 6.62. The fourth-order valence-corrected chi connectivity index (χ4v) is 4.91. The summed E-state index contributed by atoms with van der Waals surface area (Å²) in [5.74, 6) is 1.08. The Morgan fingerprint density at radius 2 is 2.08 bits per heavy atom. The number of benzene rings is 2. The van der Waals surface area contributed by atoms with Gasteiger partial charge in [-0.2, -0.15) is 0 Å². The molecule has 1 aliphatic heterocycles. The highest BCUT2D eigenvalue weighted by atomic mass is 35.5. The zero-order valence-electron chi connectivity index (χ0n) is 14.3. The molecule has 1 N–H and O–H groups in total. The van der Waals surface area contributed by atoms with Crippen molar-refractivity contribution in [3.63, 3.8) is 0 Å². The zero-order valence-corrected chi connectivity index (χ0v) is 15.8. The number of fused-ring (bicyclic) bond motifs is 1. The molecule has 2 unspecified atom stereocenters. The summed E-state index contributed by atoms with van der Waals surface area (Å²) in [6.45, 7) is 1.98. The Bertz CT molecular complexity index is 954. The van der Waals surface area contributed by atoms with E-state index in [-0.39, 0.29) is 11.8 Å². The van der Waals surface area contributed by atoms with Crippen LogP contribution in [0.25, 0.3) is 0 Å². The lowest BCUT2D eigenvalue weighted by atomic mass is 9.82. The number of hydrogen-bond acceptors (Lipinski definition) is 3. The molecule has 0 radical (unpaired) electrons. The van der Waals surface area contributed by atoms with E-state index in [2.05, 4.69) is 4.72 Å². The number of hydrogen-bond donors (Lipinski definition) is 1. The van der Waals surface area contributed by atoms with Gasteiger partial charge in [-0.1, -0.05) is 23.7 Å². The lowest BCUT2D eigenvalue weighted by Gasteiger charge is -2.26. The fourth-order valence-electron chi connectivity index (χ4n) is 3.56. The minimum atomic E-state index is -1.42. The average Bonchev–Trinajstić information content (AvgIpc) is 2.95. The summed E-state index contributed by atoms with van der Waals surface area (Å²) in [6, 6.07) is 11.6. The maximum Gasteiger partial charge on any atom is 0.256 e. The molecule has 0 saturated heterocycles. The molecule has 1 amide bonds. The van der Waals surface area contributed by atoms with E-state index in [1.54, 1.807) is 0 Å². The number of carbonyl (C=O) groups is 1. The second kappa shape index (κ2) is 6.89. The van der Waals surface area contributed by atoms with Crippen LogP contribution >= 0.6 is 11.6 Å². The van der Waals surface area contributed by atoms with Gasteiger partial charge in [-0.3, -0.25) is 9.52 Å². The van der Waals surface area contributed by atoms with Crippen molar-refractivity contribution in [1.29, 1.82) is 0 Å². The van der Waals surface area contributed by atoms with Crippen molar-refractivity contribution in [2.75, 3.05) is 0 Å². The minimum Gasteiger partial charge on any atom is -0.456 e. The van der Waals surface area contributed by atoms with Crippen LogP contribution in [-0.2, 0) is 22.2 Å². The first-order valence-electron chi connectivity index (χ1n) is 8.52. The molecule has 2 atom stereocenters. The smallest absolute Gasteiger partial charge is 0.256 e. The van der Waals surface area contributed by atoms with Gasteiger partial charge < -0.3 is 4.74 Å². The van der Waals surface area contributed by atoms with Gasteiger partial charge >= 0.3 is 0 Å². The molecule has 2 aliphatic rings. The quantitative estimate of drug-likeness (QED) is 0.841. The van der Waals surface area contributed by atoms with E-state index in [9.17, 15) is 9.00 Å². The third-order valence-electron chi connectivity index (χ3n) is 4.77. The number of ether oxygens (including phenoxy) is 1. The summed E-state index contributed by atoms with van der Waals surface area (Å²) in [4.78, 5) is 12.2. The molecule has 0 spiro atoms. The van der Waals surface area contributed by atoms with Crippen LogP contribution < -0.4 is 9.46 Å². The summed E-state index contributed by atoms with van der Waals surface area (Å²) in [5.41, 5.74) is 3.37. The predicted molar refractivity (Wildman–Crippen MR) is 103 cm³/mol. The van der Waals surface area contributed by atoms with Crippen LogP contribution in [0.2, 0.25) is 5.02 Å². The van der Waals surface area contributed by atoms with Gasteiger partial charge in [-0.05, 0) is 67.1 Å². The maximum atomic E-state index is 12.1. The van der Waals surface area contributed by atoms with E-state index in [0.717, 1.165) is 36.1 Å². The lowest BCUT2D eigenvalue weighted by Crippen LogP contribution is -2.19. The van der Waals surface area contributed by atoms with Crippen molar-refractivity contribution in [2.45, 2.75) is 32.1 Å². The Kier molecular flexibility index (Phi) is 4.59. The molecule has 26 heavy (non-hydrogen) atoms. The highest BCUT2D eigenvalue weighted by molar-refractivity contribution is 7.88. The van der Waals surface area contributed by atoms with Crippen molar-refractivity contribution in [2.24, 2.45) is 0 Å². The first-order chi connectivity index (χ1) is 12.5. The largest absolute Gasteiger partial charge is 0.456 e. The molecule has 0 aromatic heterocycles. The van der Waals surface area contributed by atoms with Crippen LogP contribution in [0, 0.1) is 6.92 Å². The monoisotopic (exact) mass is 387 g/mol. The molecule has 0 bridgehead atoms. The van der Waals surface area contributed by atoms with Crippen LogP contribution in [0.3, 0.4) is 0 Å². The number of amides is 1. The van der Waals surface area contributed by atoms with Gasteiger partial charge in [-0.15, -0.1) is 0 Å². The van der Waals surface area contributed by atoms with Crippen molar-refractivity contribution >= 4 is 28.5 Å². The summed E-state index contributed by atoms with van der Waals surface area (Å²) < 4.78 is 20.5. The lowest BCUT2D eigenvalue weighted by molar-refractivity contribution is -0.114. The molecule has 4 nitrogen and oxygen atoms in total. The van der Waals surface area contributed by atoms with Crippen molar-refractivity contribution in [3.05, 3.63) is 69.1 Å². The first-order valence-corrected chi connectivity index (χ1v) is 10.0. The van der Waals surface area contributed by atoms with Crippen molar-refractivity contribution in [3.8, 4) is 11.5 Å². The number of allylic oxidation sites excluding steroid dienone is 1. The summed E-state index contributed by atoms with van der Waals surface area (Å²) in [5, 5.41) is 0.580. The van der Waals surface area contributed by atoms with Gasteiger partial charge in [0.15, 0.2) is 0 Å². The van der Waals surface area contributed by atoms with Crippen LogP contribution in [0.15, 0.2) is 47.4 Å². The summed E-state index contributed by atoms with van der Waals surface area (Å²) in [6.07, 6.45) is 4.29. The molecule has 0 fully saturated rings. The van der Waals surface area contributed by atoms with E-state index in [0.29, 0.717) is 15.7 Å². The van der Waals surface area contributed by atoms with Gasteiger partial charge in [-0.25, -0.2) is 4.21 Å². The highest BCUT2D eigenvalue weighted by Gasteiger charge is 2.31. The standard InChI is InChI=1S/C20H18ClNO3S/c1-12-5-8-18(17(21)9-12)25-14-6-7-15-13(10-14)3-2-4-16(15)19-11-20(23)22-26(19)24/h5-11,16H,2-4H2,1H3,(H,22,23). The Morgan fingerprint density at radius 3 is 2.81 bits per heavy atom. The van der Waals surface area contributed by atoms with Gasteiger partial charge in [0, 0.05) is 12.0 Å². The third kappa shape index (κ3) is 3.29.